The lowest BCUT2D eigenvalue weighted by atomic mass is 10.1. The molecule has 15 heavy (non-hydrogen) atoms. The standard InChI is InChI=1S/C12H9N3/c1-2-10-5-3-4-6-12(10)15-11(9-14)7-8-13/h2-7,15H,1H2/b11-7+. The molecular formula is C12H9N3. The van der Waals surface area contributed by atoms with E-state index < -0.39 is 0 Å². The molecule has 0 saturated heterocycles. The zero-order valence-corrected chi connectivity index (χ0v) is 8.07. The molecule has 0 unspecified atom stereocenters. The van der Waals surface area contributed by atoms with Gasteiger partial charge < -0.3 is 5.32 Å². The van der Waals surface area contributed by atoms with Crippen molar-refractivity contribution in [2.45, 2.75) is 0 Å². The summed E-state index contributed by atoms with van der Waals surface area (Å²) in [5.41, 5.74) is 1.86. The monoisotopic (exact) mass is 195 g/mol. The Hall–Kier alpha value is -2.52. The molecule has 0 saturated carbocycles. The minimum absolute atomic E-state index is 0.215. The Morgan fingerprint density at radius 1 is 1.33 bits per heavy atom. The summed E-state index contributed by atoms with van der Waals surface area (Å²) < 4.78 is 0. The van der Waals surface area contributed by atoms with Crippen LogP contribution < -0.4 is 5.32 Å². The minimum atomic E-state index is 0.215. The fraction of sp³-hybridized carbons (Fsp3) is 0. The van der Waals surface area contributed by atoms with E-state index in [1.54, 1.807) is 12.1 Å². The Labute approximate surface area is 88.6 Å². The van der Waals surface area contributed by atoms with Gasteiger partial charge in [-0.05, 0) is 11.6 Å². The normalized spacial score (nSPS) is 9.87. The van der Waals surface area contributed by atoms with Gasteiger partial charge in [0.1, 0.15) is 11.8 Å². The Morgan fingerprint density at radius 2 is 2.07 bits per heavy atom. The SMILES string of the molecule is C=Cc1ccccc1N/C(C#N)=C/C#N. The number of rotatable bonds is 3. The average molecular weight is 195 g/mol. The zero-order valence-electron chi connectivity index (χ0n) is 8.07. The second kappa shape index (κ2) is 5.26. The van der Waals surface area contributed by atoms with Crippen LogP contribution in [-0.4, -0.2) is 0 Å². The molecule has 0 heterocycles. The fourth-order valence-corrected chi connectivity index (χ4v) is 1.09. The molecule has 1 aromatic rings. The summed E-state index contributed by atoms with van der Waals surface area (Å²) in [6.45, 7) is 3.66. The van der Waals surface area contributed by atoms with Gasteiger partial charge in [0.15, 0.2) is 0 Å². The van der Waals surface area contributed by atoms with Gasteiger partial charge in [-0.15, -0.1) is 0 Å². The summed E-state index contributed by atoms with van der Waals surface area (Å²) in [4.78, 5) is 0. The van der Waals surface area contributed by atoms with Gasteiger partial charge in [0.2, 0.25) is 0 Å². The van der Waals surface area contributed by atoms with E-state index in [1.165, 1.54) is 6.08 Å². The molecule has 0 atom stereocenters. The molecule has 72 valence electrons. The van der Waals surface area contributed by atoms with Crippen LogP contribution in [-0.2, 0) is 0 Å². The molecule has 0 aliphatic heterocycles. The third-order valence-electron chi connectivity index (χ3n) is 1.78. The molecule has 0 aliphatic carbocycles. The van der Waals surface area contributed by atoms with E-state index in [0.29, 0.717) is 0 Å². The maximum atomic E-state index is 8.72. The molecule has 3 heteroatoms. The lowest BCUT2D eigenvalue weighted by molar-refractivity contribution is 1.41. The minimum Gasteiger partial charge on any atom is -0.346 e. The van der Waals surface area contributed by atoms with Crippen molar-refractivity contribution in [1.29, 1.82) is 10.5 Å². The number of hydrogen-bond donors (Lipinski definition) is 1. The molecule has 1 N–H and O–H groups in total. The number of hydrogen-bond acceptors (Lipinski definition) is 3. The molecule has 0 aromatic heterocycles. The first-order valence-corrected chi connectivity index (χ1v) is 4.30. The first kappa shape index (κ1) is 10.6. The number of allylic oxidation sites excluding steroid dienone is 2. The topological polar surface area (TPSA) is 59.6 Å². The molecule has 1 rings (SSSR count). The number of anilines is 1. The predicted octanol–water partition coefficient (Wildman–Crippen LogP) is 2.67. The summed E-state index contributed by atoms with van der Waals surface area (Å²) in [5.74, 6) is 0. The van der Waals surface area contributed by atoms with Gasteiger partial charge in [0, 0.05) is 5.69 Å². The van der Waals surface area contributed by atoms with Crippen LogP contribution in [0.2, 0.25) is 0 Å². The van der Waals surface area contributed by atoms with Crippen molar-refractivity contribution in [1.82, 2.24) is 0 Å². The molecule has 0 fully saturated rings. The molecule has 0 aliphatic rings. The van der Waals surface area contributed by atoms with Crippen molar-refractivity contribution in [3.8, 4) is 12.1 Å². The quantitative estimate of drug-likeness (QED) is 0.754. The lowest BCUT2D eigenvalue weighted by Gasteiger charge is -2.06. The van der Waals surface area contributed by atoms with Crippen LogP contribution >= 0.6 is 0 Å². The lowest BCUT2D eigenvalue weighted by Crippen LogP contribution is -1.98. The molecular weight excluding hydrogens is 186 g/mol. The van der Waals surface area contributed by atoms with Crippen molar-refractivity contribution < 1.29 is 0 Å². The van der Waals surface area contributed by atoms with E-state index in [1.807, 2.05) is 30.3 Å². The Bertz CT molecular complexity index is 472. The van der Waals surface area contributed by atoms with Crippen molar-refractivity contribution in [3.05, 3.63) is 48.2 Å². The van der Waals surface area contributed by atoms with Gasteiger partial charge in [-0.2, -0.15) is 10.5 Å². The van der Waals surface area contributed by atoms with E-state index in [4.69, 9.17) is 10.5 Å². The second-order valence-electron chi connectivity index (χ2n) is 2.72. The van der Waals surface area contributed by atoms with Crippen LogP contribution in [0, 0.1) is 22.7 Å². The van der Waals surface area contributed by atoms with E-state index >= 15 is 0 Å². The Kier molecular flexibility index (Phi) is 3.70. The predicted molar refractivity (Wildman–Crippen MR) is 59.5 cm³/mol. The van der Waals surface area contributed by atoms with Gasteiger partial charge in [-0.25, -0.2) is 0 Å². The number of nitriles is 2. The van der Waals surface area contributed by atoms with Crippen molar-refractivity contribution >= 4 is 11.8 Å². The van der Waals surface area contributed by atoms with Crippen LogP contribution in [0.15, 0.2) is 42.6 Å². The van der Waals surface area contributed by atoms with Crippen LogP contribution in [0.1, 0.15) is 5.56 Å². The molecule has 0 radical (unpaired) electrons. The number of nitrogens with zero attached hydrogens (tertiary/aromatic N) is 2. The fourth-order valence-electron chi connectivity index (χ4n) is 1.09. The van der Waals surface area contributed by atoms with Crippen molar-refractivity contribution in [2.75, 3.05) is 5.32 Å². The second-order valence-corrected chi connectivity index (χ2v) is 2.72. The molecule has 1 aromatic carbocycles. The number of para-hydroxylation sites is 1. The summed E-state index contributed by atoms with van der Waals surface area (Å²) in [7, 11) is 0. The summed E-state index contributed by atoms with van der Waals surface area (Å²) in [5, 5.41) is 20.0. The Balaban J connectivity index is 3.00. The van der Waals surface area contributed by atoms with Gasteiger partial charge in [0.05, 0.1) is 12.1 Å². The van der Waals surface area contributed by atoms with Crippen LogP contribution in [0.4, 0.5) is 5.69 Å². The van der Waals surface area contributed by atoms with Gasteiger partial charge >= 0.3 is 0 Å². The van der Waals surface area contributed by atoms with Crippen molar-refractivity contribution in [3.63, 3.8) is 0 Å². The van der Waals surface area contributed by atoms with Gasteiger partial charge in [0.25, 0.3) is 0 Å². The number of benzene rings is 1. The van der Waals surface area contributed by atoms with Crippen LogP contribution in [0.5, 0.6) is 0 Å². The largest absolute Gasteiger partial charge is 0.346 e. The van der Waals surface area contributed by atoms with Crippen LogP contribution in [0.3, 0.4) is 0 Å². The van der Waals surface area contributed by atoms with Gasteiger partial charge in [-0.3, -0.25) is 0 Å². The highest BCUT2D eigenvalue weighted by Crippen LogP contribution is 2.17. The molecule has 0 spiro atoms. The van der Waals surface area contributed by atoms with E-state index in [-0.39, 0.29) is 5.70 Å². The number of nitrogens with one attached hydrogen (secondary N) is 1. The highest BCUT2D eigenvalue weighted by molar-refractivity contribution is 5.68. The highest BCUT2D eigenvalue weighted by Gasteiger charge is 1.99. The summed E-state index contributed by atoms with van der Waals surface area (Å²) >= 11 is 0. The summed E-state index contributed by atoms with van der Waals surface area (Å²) in [6.07, 6.45) is 2.85. The van der Waals surface area contributed by atoms with Crippen LogP contribution in [0.25, 0.3) is 6.08 Å². The van der Waals surface area contributed by atoms with Gasteiger partial charge in [-0.1, -0.05) is 30.9 Å². The first-order valence-electron chi connectivity index (χ1n) is 4.30. The Morgan fingerprint density at radius 3 is 2.67 bits per heavy atom. The maximum absolute atomic E-state index is 8.72. The third-order valence-corrected chi connectivity index (χ3v) is 1.78. The smallest absolute Gasteiger partial charge is 0.128 e. The third kappa shape index (κ3) is 2.72. The van der Waals surface area contributed by atoms with Crippen molar-refractivity contribution in [2.24, 2.45) is 0 Å². The zero-order chi connectivity index (χ0) is 11.1. The molecule has 0 amide bonds. The van der Waals surface area contributed by atoms with E-state index in [9.17, 15) is 0 Å². The molecule has 3 nitrogen and oxygen atoms in total. The average Bonchev–Trinajstić information content (AvgIpc) is 2.29. The van der Waals surface area contributed by atoms with E-state index in [0.717, 1.165) is 11.3 Å². The summed E-state index contributed by atoms with van der Waals surface area (Å²) in [6, 6.07) is 11.1. The maximum Gasteiger partial charge on any atom is 0.128 e. The first-order chi connectivity index (χ1) is 7.31. The molecule has 0 bridgehead atoms. The van der Waals surface area contributed by atoms with E-state index in [2.05, 4.69) is 11.9 Å². The highest BCUT2D eigenvalue weighted by atomic mass is 14.9.